The van der Waals surface area contributed by atoms with Gasteiger partial charge in [0.1, 0.15) is 0 Å². The van der Waals surface area contributed by atoms with Crippen LogP contribution in [-0.2, 0) is 6.42 Å². The van der Waals surface area contributed by atoms with Gasteiger partial charge in [-0.25, -0.2) is 0 Å². The van der Waals surface area contributed by atoms with Crippen LogP contribution in [0.1, 0.15) is 19.4 Å². The predicted molar refractivity (Wildman–Crippen MR) is 69.0 cm³/mol. The summed E-state index contributed by atoms with van der Waals surface area (Å²) in [7, 11) is 0. The highest BCUT2D eigenvalue weighted by atomic mass is 35.5. The Morgan fingerprint density at radius 2 is 2.00 bits per heavy atom. The molecule has 1 aliphatic heterocycles. The average Bonchev–Trinajstić information content (AvgIpc) is 2.39. The number of fused-ring (bicyclic) bond motifs is 1. The van der Waals surface area contributed by atoms with E-state index in [0.29, 0.717) is 30.5 Å². The molecule has 0 radical (unpaired) electrons. The largest absolute Gasteiger partial charge is 0.489 e. The van der Waals surface area contributed by atoms with Crippen LogP contribution in [-0.4, -0.2) is 19.8 Å². The van der Waals surface area contributed by atoms with Gasteiger partial charge in [-0.15, -0.1) is 0 Å². The van der Waals surface area contributed by atoms with Crippen LogP contribution < -0.4 is 15.2 Å². The number of halogens is 1. The van der Waals surface area contributed by atoms with Crippen molar-refractivity contribution in [1.82, 2.24) is 0 Å². The molecule has 1 aliphatic rings. The van der Waals surface area contributed by atoms with E-state index in [1.165, 1.54) is 0 Å². The fraction of sp³-hybridized carbons (Fsp3) is 0.538. The Morgan fingerprint density at radius 3 is 2.71 bits per heavy atom. The minimum Gasteiger partial charge on any atom is -0.489 e. The fourth-order valence-electron chi connectivity index (χ4n) is 1.76. The first-order chi connectivity index (χ1) is 8.02. The minimum atomic E-state index is -0.00359. The second-order valence-corrected chi connectivity index (χ2v) is 5.59. The summed E-state index contributed by atoms with van der Waals surface area (Å²) in [6.45, 7) is 6.04. The lowest BCUT2D eigenvalue weighted by atomic mass is 9.97. The second-order valence-electron chi connectivity index (χ2n) is 5.19. The molecule has 3 nitrogen and oxygen atoms in total. The van der Waals surface area contributed by atoms with Gasteiger partial charge in [-0.1, -0.05) is 25.4 Å². The molecule has 0 spiro atoms. The van der Waals surface area contributed by atoms with Gasteiger partial charge in [-0.2, -0.15) is 0 Å². The van der Waals surface area contributed by atoms with E-state index in [1.807, 2.05) is 12.1 Å². The average molecular weight is 256 g/mol. The zero-order chi connectivity index (χ0) is 12.5. The molecule has 94 valence electrons. The van der Waals surface area contributed by atoms with Gasteiger partial charge in [0.2, 0.25) is 0 Å². The summed E-state index contributed by atoms with van der Waals surface area (Å²) in [6.07, 6.45) is 0.791. The first-order valence-corrected chi connectivity index (χ1v) is 6.18. The summed E-state index contributed by atoms with van der Waals surface area (Å²) in [5.41, 5.74) is 6.62. The van der Waals surface area contributed by atoms with Crippen LogP contribution >= 0.6 is 11.6 Å². The van der Waals surface area contributed by atoms with Gasteiger partial charge >= 0.3 is 0 Å². The molecule has 1 aromatic carbocycles. The number of hydrogen-bond donors (Lipinski definition) is 1. The SMILES string of the molecule is CC1(C)COc2cc(CCN)cc(Cl)c2OC1. The van der Waals surface area contributed by atoms with Gasteiger partial charge in [0.05, 0.1) is 18.2 Å². The quantitative estimate of drug-likeness (QED) is 0.884. The Morgan fingerprint density at radius 1 is 1.29 bits per heavy atom. The van der Waals surface area contributed by atoms with Crippen LogP contribution in [0.25, 0.3) is 0 Å². The molecular formula is C13H18ClNO2. The van der Waals surface area contributed by atoms with Gasteiger partial charge in [0.25, 0.3) is 0 Å². The van der Waals surface area contributed by atoms with Crippen molar-refractivity contribution in [2.45, 2.75) is 20.3 Å². The predicted octanol–water partition coefficient (Wildman–Crippen LogP) is 2.64. The third kappa shape index (κ3) is 2.85. The number of ether oxygens (including phenoxy) is 2. The van der Waals surface area contributed by atoms with E-state index in [1.54, 1.807) is 0 Å². The van der Waals surface area contributed by atoms with E-state index in [-0.39, 0.29) is 5.41 Å². The second kappa shape index (κ2) is 4.75. The molecule has 0 unspecified atom stereocenters. The summed E-state index contributed by atoms with van der Waals surface area (Å²) in [5.74, 6) is 1.38. The Bertz CT molecular complexity index is 418. The Balaban J connectivity index is 2.32. The highest BCUT2D eigenvalue weighted by molar-refractivity contribution is 6.32. The van der Waals surface area contributed by atoms with E-state index < -0.39 is 0 Å². The van der Waals surface area contributed by atoms with Crippen molar-refractivity contribution in [1.29, 1.82) is 0 Å². The highest BCUT2D eigenvalue weighted by Crippen LogP contribution is 2.40. The van der Waals surface area contributed by atoms with Crippen molar-refractivity contribution in [3.8, 4) is 11.5 Å². The summed E-state index contributed by atoms with van der Waals surface area (Å²) in [6, 6.07) is 3.87. The van der Waals surface area contributed by atoms with Crippen LogP contribution in [0.3, 0.4) is 0 Å². The molecule has 2 rings (SSSR count). The molecule has 0 amide bonds. The molecule has 4 heteroatoms. The van der Waals surface area contributed by atoms with Crippen LogP contribution in [0.5, 0.6) is 11.5 Å². The summed E-state index contributed by atoms with van der Waals surface area (Å²) in [4.78, 5) is 0. The van der Waals surface area contributed by atoms with E-state index in [2.05, 4.69) is 13.8 Å². The van der Waals surface area contributed by atoms with Gasteiger partial charge in [0, 0.05) is 5.41 Å². The number of rotatable bonds is 2. The number of nitrogens with two attached hydrogens (primary N) is 1. The molecule has 2 N–H and O–H groups in total. The van der Waals surface area contributed by atoms with Gasteiger partial charge < -0.3 is 15.2 Å². The zero-order valence-electron chi connectivity index (χ0n) is 10.3. The lowest BCUT2D eigenvalue weighted by molar-refractivity contribution is 0.140. The molecule has 17 heavy (non-hydrogen) atoms. The van der Waals surface area contributed by atoms with Crippen molar-refractivity contribution in [2.24, 2.45) is 11.1 Å². The van der Waals surface area contributed by atoms with Crippen molar-refractivity contribution in [3.63, 3.8) is 0 Å². The highest BCUT2D eigenvalue weighted by Gasteiger charge is 2.26. The zero-order valence-corrected chi connectivity index (χ0v) is 11.0. The lowest BCUT2D eigenvalue weighted by Crippen LogP contribution is -2.26. The third-order valence-corrected chi connectivity index (χ3v) is 3.01. The molecule has 1 aromatic rings. The summed E-state index contributed by atoms with van der Waals surface area (Å²) >= 11 is 6.20. The molecule has 0 fully saturated rings. The van der Waals surface area contributed by atoms with E-state index in [9.17, 15) is 0 Å². The van der Waals surface area contributed by atoms with E-state index in [0.717, 1.165) is 17.7 Å². The van der Waals surface area contributed by atoms with Crippen LogP contribution in [0, 0.1) is 5.41 Å². The van der Waals surface area contributed by atoms with Crippen molar-refractivity contribution in [2.75, 3.05) is 19.8 Å². The molecular weight excluding hydrogens is 238 g/mol. The van der Waals surface area contributed by atoms with E-state index in [4.69, 9.17) is 26.8 Å². The number of benzene rings is 1. The van der Waals surface area contributed by atoms with Crippen LogP contribution in [0.2, 0.25) is 5.02 Å². The molecule has 0 bridgehead atoms. The van der Waals surface area contributed by atoms with Crippen molar-refractivity contribution >= 4 is 11.6 Å². The maximum atomic E-state index is 6.20. The van der Waals surface area contributed by atoms with E-state index >= 15 is 0 Å². The summed E-state index contributed by atoms with van der Waals surface area (Å²) in [5, 5.41) is 0.601. The van der Waals surface area contributed by atoms with Crippen molar-refractivity contribution < 1.29 is 9.47 Å². The van der Waals surface area contributed by atoms with Gasteiger partial charge in [-0.3, -0.25) is 0 Å². The maximum absolute atomic E-state index is 6.20. The normalized spacial score (nSPS) is 17.6. The number of hydrogen-bond acceptors (Lipinski definition) is 3. The third-order valence-electron chi connectivity index (χ3n) is 2.73. The van der Waals surface area contributed by atoms with Crippen LogP contribution in [0.15, 0.2) is 12.1 Å². The maximum Gasteiger partial charge on any atom is 0.179 e. The Hall–Kier alpha value is -0.930. The summed E-state index contributed by atoms with van der Waals surface area (Å²) < 4.78 is 11.5. The Kier molecular flexibility index (Phi) is 3.50. The molecule has 0 aromatic heterocycles. The monoisotopic (exact) mass is 255 g/mol. The lowest BCUT2D eigenvalue weighted by Gasteiger charge is -2.19. The Labute approximate surface area is 107 Å². The van der Waals surface area contributed by atoms with Gasteiger partial charge in [0.15, 0.2) is 11.5 Å². The van der Waals surface area contributed by atoms with Crippen LogP contribution in [0.4, 0.5) is 0 Å². The molecule has 0 saturated carbocycles. The molecule has 1 heterocycles. The fourth-order valence-corrected chi connectivity index (χ4v) is 2.05. The smallest absolute Gasteiger partial charge is 0.179 e. The standard InChI is InChI=1S/C13H18ClNO2/c1-13(2)7-16-11-6-9(3-4-15)5-10(14)12(11)17-8-13/h5-6H,3-4,7-8,15H2,1-2H3. The topological polar surface area (TPSA) is 44.5 Å². The minimum absolute atomic E-state index is 0.00359. The first-order valence-electron chi connectivity index (χ1n) is 5.80. The van der Waals surface area contributed by atoms with Crippen molar-refractivity contribution in [3.05, 3.63) is 22.7 Å². The van der Waals surface area contributed by atoms with Gasteiger partial charge in [-0.05, 0) is 30.7 Å². The molecule has 0 atom stereocenters. The first kappa shape index (κ1) is 12.5. The molecule has 0 aliphatic carbocycles. The molecule has 0 saturated heterocycles.